The number of hydrogen-bond acceptors (Lipinski definition) is 3. The van der Waals surface area contributed by atoms with E-state index < -0.39 is 0 Å². The first-order valence-corrected chi connectivity index (χ1v) is 8.10. The molecule has 0 aromatic carbocycles. The van der Waals surface area contributed by atoms with Gasteiger partial charge in [0.2, 0.25) is 0 Å². The molecule has 2 atom stereocenters. The summed E-state index contributed by atoms with van der Waals surface area (Å²) >= 11 is 0. The molecule has 3 heteroatoms. The van der Waals surface area contributed by atoms with Crippen LogP contribution in [0.25, 0.3) is 0 Å². The van der Waals surface area contributed by atoms with Crippen LogP contribution in [-0.2, 0) is 0 Å². The fourth-order valence-electron chi connectivity index (χ4n) is 2.97. The fraction of sp³-hybridized carbons (Fsp3) is 1.00. The predicted molar refractivity (Wildman–Crippen MR) is 84.7 cm³/mol. The Kier molecular flexibility index (Phi) is 6.78. The average molecular weight is 269 g/mol. The standard InChI is InChI=1S/C16H35N3/c1-7-16(6,12-17-14(3)4)13-18-9-10-19(8-2)15(5)11-18/h14-15,17H,7-13H2,1-6H3. The Balaban J connectivity index is 2.47. The average Bonchev–Trinajstić information content (AvgIpc) is 2.37. The summed E-state index contributed by atoms with van der Waals surface area (Å²) in [6.45, 7) is 21.1. The maximum absolute atomic E-state index is 3.62. The molecule has 0 aromatic heterocycles. The van der Waals surface area contributed by atoms with Crippen molar-refractivity contribution in [1.29, 1.82) is 0 Å². The highest BCUT2D eigenvalue weighted by Gasteiger charge is 2.29. The highest BCUT2D eigenvalue weighted by Crippen LogP contribution is 2.23. The Morgan fingerprint density at radius 2 is 1.95 bits per heavy atom. The van der Waals surface area contributed by atoms with Gasteiger partial charge in [-0.1, -0.05) is 34.6 Å². The van der Waals surface area contributed by atoms with Gasteiger partial charge in [-0.25, -0.2) is 0 Å². The summed E-state index contributed by atoms with van der Waals surface area (Å²) in [6.07, 6.45) is 1.25. The number of nitrogens with zero attached hydrogens (tertiary/aromatic N) is 2. The van der Waals surface area contributed by atoms with Gasteiger partial charge in [-0.05, 0) is 25.3 Å². The minimum absolute atomic E-state index is 0.401. The molecule has 19 heavy (non-hydrogen) atoms. The molecule has 1 heterocycles. The van der Waals surface area contributed by atoms with Crippen molar-refractivity contribution < 1.29 is 0 Å². The largest absolute Gasteiger partial charge is 0.314 e. The zero-order valence-electron chi connectivity index (χ0n) is 14.0. The third kappa shape index (κ3) is 5.41. The second-order valence-corrected chi connectivity index (χ2v) is 6.91. The van der Waals surface area contributed by atoms with Gasteiger partial charge in [-0.15, -0.1) is 0 Å². The van der Waals surface area contributed by atoms with E-state index in [0.29, 0.717) is 17.5 Å². The van der Waals surface area contributed by atoms with Gasteiger partial charge in [-0.3, -0.25) is 9.80 Å². The number of hydrogen-bond donors (Lipinski definition) is 1. The summed E-state index contributed by atoms with van der Waals surface area (Å²) in [7, 11) is 0. The summed E-state index contributed by atoms with van der Waals surface area (Å²) in [5, 5.41) is 3.62. The maximum Gasteiger partial charge on any atom is 0.0195 e. The van der Waals surface area contributed by atoms with Gasteiger partial charge in [0.15, 0.2) is 0 Å². The first-order chi connectivity index (χ1) is 8.90. The molecule has 3 nitrogen and oxygen atoms in total. The van der Waals surface area contributed by atoms with Crippen molar-refractivity contribution in [2.45, 2.75) is 60.0 Å². The molecule has 1 rings (SSSR count). The number of likely N-dealkylation sites (N-methyl/N-ethyl adjacent to an activating group) is 1. The van der Waals surface area contributed by atoms with Crippen molar-refractivity contribution in [3.63, 3.8) is 0 Å². The van der Waals surface area contributed by atoms with E-state index in [1.54, 1.807) is 0 Å². The van der Waals surface area contributed by atoms with E-state index in [0.717, 1.165) is 6.54 Å². The summed E-state index contributed by atoms with van der Waals surface area (Å²) in [6, 6.07) is 1.29. The second kappa shape index (κ2) is 7.61. The van der Waals surface area contributed by atoms with Crippen LogP contribution in [-0.4, -0.2) is 61.2 Å². The highest BCUT2D eigenvalue weighted by molar-refractivity contribution is 4.85. The third-order valence-electron chi connectivity index (χ3n) is 4.65. The number of nitrogens with one attached hydrogen (secondary N) is 1. The lowest BCUT2D eigenvalue weighted by atomic mass is 9.86. The van der Waals surface area contributed by atoms with Crippen molar-refractivity contribution in [2.24, 2.45) is 5.41 Å². The van der Waals surface area contributed by atoms with Crippen LogP contribution in [0.5, 0.6) is 0 Å². The van der Waals surface area contributed by atoms with Crippen LogP contribution in [0.15, 0.2) is 0 Å². The van der Waals surface area contributed by atoms with Gasteiger partial charge in [-0.2, -0.15) is 0 Å². The molecule has 0 aromatic rings. The summed E-state index contributed by atoms with van der Waals surface area (Å²) in [4.78, 5) is 5.26. The molecule has 2 unspecified atom stereocenters. The van der Waals surface area contributed by atoms with E-state index in [1.165, 1.54) is 39.1 Å². The zero-order valence-corrected chi connectivity index (χ0v) is 14.0. The second-order valence-electron chi connectivity index (χ2n) is 6.91. The predicted octanol–water partition coefficient (Wildman–Crippen LogP) is 2.43. The number of piperazine rings is 1. The maximum atomic E-state index is 3.62. The molecule has 0 amide bonds. The van der Waals surface area contributed by atoms with Crippen LogP contribution in [0.3, 0.4) is 0 Å². The Bertz CT molecular complexity index is 254. The topological polar surface area (TPSA) is 18.5 Å². The van der Waals surface area contributed by atoms with Crippen molar-refractivity contribution >= 4 is 0 Å². The lowest BCUT2D eigenvalue weighted by molar-refractivity contribution is 0.0560. The van der Waals surface area contributed by atoms with Gasteiger partial charge in [0, 0.05) is 44.8 Å². The molecule has 1 saturated heterocycles. The summed E-state index contributed by atoms with van der Waals surface area (Å²) < 4.78 is 0. The lowest BCUT2D eigenvalue weighted by Crippen LogP contribution is -2.54. The van der Waals surface area contributed by atoms with Crippen LogP contribution >= 0.6 is 0 Å². The molecule has 114 valence electrons. The molecule has 0 radical (unpaired) electrons. The fourth-order valence-corrected chi connectivity index (χ4v) is 2.97. The van der Waals surface area contributed by atoms with Crippen molar-refractivity contribution in [2.75, 3.05) is 39.3 Å². The van der Waals surface area contributed by atoms with Gasteiger partial charge < -0.3 is 5.32 Å². The van der Waals surface area contributed by atoms with Crippen LogP contribution in [0.2, 0.25) is 0 Å². The minimum atomic E-state index is 0.401. The third-order valence-corrected chi connectivity index (χ3v) is 4.65. The van der Waals surface area contributed by atoms with Crippen molar-refractivity contribution in [1.82, 2.24) is 15.1 Å². The molecule has 1 aliphatic rings. The van der Waals surface area contributed by atoms with E-state index in [1.807, 2.05) is 0 Å². The first kappa shape index (κ1) is 16.9. The van der Waals surface area contributed by atoms with E-state index in [2.05, 4.69) is 56.7 Å². The van der Waals surface area contributed by atoms with Crippen molar-refractivity contribution in [3.8, 4) is 0 Å². The Labute approximate surface area is 120 Å². The van der Waals surface area contributed by atoms with Crippen molar-refractivity contribution in [3.05, 3.63) is 0 Å². The SMILES string of the molecule is CCN1CCN(CC(C)(CC)CNC(C)C)CC1C. The van der Waals surface area contributed by atoms with E-state index in [9.17, 15) is 0 Å². The molecule has 1 N–H and O–H groups in total. The van der Waals surface area contributed by atoms with Crippen LogP contribution in [0, 0.1) is 5.41 Å². The molecule has 1 aliphatic heterocycles. The van der Waals surface area contributed by atoms with E-state index >= 15 is 0 Å². The zero-order chi connectivity index (χ0) is 14.5. The monoisotopic (exact) mass is 269 g/mol. The Hall–Kier alpha value is -0.120. The molecular formula is C16H35N3. The smallest absolute Gasteiger partial charge is 0.0195 e. The molecule has 0 bridgehead atoms. The molecule has 0 saturated carbocycles. The summed E-state index contributed by atoms with van der Waals surface area (Å²) in [5.41, 5.74) is 0.401. The van der Waals surface area contributed by atoms with Crippen LogP contribution < -0.4 is 5.32 Å². The molecule has 0 aliphatic carbocycles. The van der Waals surface area contributed by atoms with Crippen LogP contribution in [0.4, 0.5) is 0 Å². The summed E-state index contributed by atoms with van der Waals surface area (Å²) in [5.74, 6) is 0. The van der Waals surface area contributed by atoms with Gasteiger partial charge in [0.25, 0.3) is 0 Å². The quantitative estimate of drug-likeness (QED) is 0.766. The minimum Gasteiger partial charge on any atom is -0.314 e. The number of rotatable bonds is 7. The van der Waals surface area contributed by atoms with Gasteiger partial charge >= 0.3 is 0 Å². The molecular weight excluding hydrogens is 234 g/mol. The van der Waals surface area contributed by atoms with E-state index in [-0.39, 0.29) is 0 Å². The van der Waals surface area contributed by atoms with Gasteiger partial charge in [0.05, 0.1) is 0 Å². The Morgan fingerprint density at radius 3 is 2.42 bits per heavy atom. The first-order valence-electron chi connectivity index (χ1n) is 8.10. The van der Waals surface area contributed by atoms with Crippen LogP contribution in [0.1, 0.15) is 48.0 Å². The molecule has 0 spiro atoms. The van der Waals surface area contributed by atoms with Gasteiger partial charge in [0.1, 0.15) is 0 Å². The molecule has 1 fully saturated rings. The lowest BCUT2D eigenvalue weighted by Gasteiger charge is -2.43. The Morgan fingerprint density at radius 1 is 1.26 bits per heavy atom. The normalized spacial score (nSPS) is 25.7. The highest BCUT2D eigenvalue weighted by atomic mass is 15.3. The van der Waals surface area contributed by atoms with E-state index in [4.69, 9.17) is 0 Å².